The fraction of sp³-hybridized carbons (Fsp3) is 0.333. The number of carbonyl (C=O) groups is 1. The van der Waals surface area contributed by atoms with Crippen LogP contribution in [0.4, 0.5) is 5.82 Å². The first-order valence-electron chi connectivity index (χ1n) is 10.8. The molecule has 170 valence electrons. The summed E-state index contributed by atoms with van der Waals surface area (Å²) in [6, 6.07) is 7.94. The number of fused-ring (bicyclic) bond motifs is 1. The average molecular weight is 447 g/mol. The Morgan fingerprint density at radius 3 is 2.67 bits per heavy atom. The summed E-state index contributed by atoms with van der Waals surface area (Å²) in [5.74, 6) is -0.0157. The van der Waals surface area contributed by atoms with Crippen LogP contribution in [0, 0.1) is 13.5 Å². The molecule has 9 heteroatoms. The number of morpholine rings is 1. The van der Waals surface area contributed by atoms with Gasteiger partial charge in [-0.2, -0.15) is 0 Å². The maximum atomic E-state index is 13.1. The summed E-state index contributed by atoms with van der Waals surface area (Å²) in [6.07, 6.45) is 3.49. The van der Waals surface area contributed by atoms with E-state index in [2.05, 4.69) is 14.8 Å². The molecule has 1 saturated heterocycles. The van der Waals surface area contributed by atoms with Gasteiger partial charge in [0.05, 0.1) is 25.2 Å². The lowest BCUT2D eigenvalue weighted by Gasteiger charge is -2.26. The summed E-state index contributed by atoms with van der Waals surface area (Å²) in [6.45, 7) is 12.0. The normalized spacial score (nSPS) is 14.5. The van der Waals surface area contributed by atoms with Gasteiger partial charge in [0, 0.05) is 37.5 Å². The minimum Gasteiger partial charge on any atom is -0.396 e. The minimum atomic E-state index is -0.332. The molecule has 1 amide bonds. The lowest BCUT2D eigenvalue weighted by molar-refractivity contribution is -0.130. The Hall–Kier alpha value is -3.74. The molecule has 0 saturated carbocycles. The van der Waals surface area contributed by atoms with Gasteiger partial charge in [0.15, 0.2) is 0 Å². The molecule has 33 heavy (non-hydrogen) atoms. The number of ether oxygens (including phenoxy) is 1. The van der Waals surface area contributed by atoms with Crippen LogP contribution in [0.1, 0.15) is 17.7 Å². The Morgan fingerprint density at radius 1 is 1.27 bits per heavy atom. The molecule has 0 spiro atoms. The molecule has 4 rings (SSSR count). The highest BCUT2D eigenvalue weighted by Gasteiger charge is 2.25. The van der Waals surface area contributed by atoms with E-state index < -0.39 is 0 Å². The lowest BCUT2D eigenvalue weighted by Crippen LogP contribution is -2.41. The van der Waals surface area contributed by atoms with Gasteiger partial charge in [-0.05, 0) is 25.0 Å². The first-order valence-corrected chi connectivity index (χ1v) is 10.8. The zero-order valence-corrected chi connectivity index (χ0v) is 18.5. The van der Waals surface area contributed by atoms with E-state index in [1.807, 2.05) is 35.8 Å². The number of aryl methyl sites for hydroxylation is 2. The summed E-state index contributed by atoms with van der Waals surface area (Å²) >= 11 is 0. The third-order valence-electron chi connectivity index (χ3n) is 5.70. The molecule has 3 aromatic rings. The highest BCUT2D eigenvalue weighted by atomic mass is 16.5. The summed E-state index contributed by atoms with van der Waals surface area (Å²) in [4.78, 5) is 27.0. The molecular weight excluding hydrogens is 420 g/mol. The van der Waals surface area contributed by atoms with Crippen molar-refractivity contribution in [3.05, 3.63) is 59.0 Å². The zero-order valence-electron chi connectivity index (χ0n) is 18.5. The Morgan fingerprint density at radius 2 is 2.00 bits per heavy atom. The standard InChI is InChI=1S/C24H26N6O3/c1-16-4-6-17(7-5-16)20-19(14-18(26-2)24(32)29-9-12-33-13-10-29)30(8-3-11-31)23-21(20)22(25)27-15-28-23/h4-7,14-15,31H,3,8-13H2,1H3,(H2,25,27,28)/b18-14-. The number of aliphatic hydroxyl groups is 1. The van der Waals surface area contributed by atoms with Gasteiger partial charge in [-0.25, -0.2) is 14.8 Å². The van der Waals surface area contributed by atoms with Gasteiger partial charge < -0.3 is 25.0 Å². The van der Waals surface area contributed by atoms with Gasteiger partial charge in [0.1, 0.15) is 17.8 Å². The Bertz CT molecular complexity index is 1230. The molecule has 9 nitrogen and oxygen atoms in total. The van der Waals surface area contributed by atoms with Crippen molar-refractivity contribution in [2.24, 2.45) is 0 Å². The highest BCUT2D eigenvalue weighted by molar-refractivity contribution is 6.07. The molecule has 0 atom stereocenters. The number of benzene rings is 1. The summed E-state index contributed by atoms with van der Waals surface area (Å²) in [5, 5.41) is 10.1. The number of carbonyl (C=O) groups excluding carboxylic acids is 1. The quantitative estimate of drug-likeness (QED) is 0.445. The minimum absolute atomic E-state index is 0.00449. The van der Waals surface area contributed by atoms with Crippen LogP contribution in [-0.2, 0) is 16.1 Å². The van der Waals surface area contributed by atoms with E-state index in [0.717, 1.165) is 16.7 Å². The molecule has 1 fully saturated rings. The Labute approximate surface area is 191 Å². The third kappa shape index (κ3) is 4.44. The monoisotopic (exact) mass is 446 g/mol. The number of nitrogen functional groups attached to an aromatic ring is 1. The van der Waals surface area contributed by atoms with E-state index in [1.54, 1.807) is 11.0 Å². The fourth-order valence-electron chi connectivity index (χ4n) is 4.03. The molecule has 0 unspecified atom stereocenters. The molecule has 0 aliphatic carbocycles. The number of nitrogens with two attached hydrogens (primary N) is 1. The number of amides is 1. The maximum absolute atomic E-state index is 13.1. The zero-order chi connectivity index (χ0) is 23.4. The molecule has 0 radical (unpaired) electrons. The molecule has 1 aliphatic heterocycles. The molecule has 1 aromatic carbocycles. The number of aromatic nitrogens is 3. The Balaban J connectivity index is 1.96. The van der Waals surface area contributed by atoms with Crippen LogP contribution >= 0.6 is 0 Å². The van der Waals surface area contributed by atoms with Crippen LogP contribution < -0.4 is 5.73 Å². The third-order valence-corrected chi connectivity index (χ3v) is 5.70. The van der Waals surface area contributed by atoms with Gasteiger partial charge in [-0.1, -0.05) is 29.8 Å². The largest absolute Gasteiger partial charge is 0.396 e. The molecule has 3 heterocycles. The Kier molecular flexibility index (Phi) is 6.68. The highest BCUT2D eigenvalue weighted by Crippen LogP contribution is 2.38. The second-order valence-electron chi connectivity index (χ2n) is 7.86. The predicted molar refractivity (Wildman–Crippen MR) is 126 cm³/mol. The van der Waals surface area contributed by atoms with E-state index in [0.29, 0.717) is 61.8 Å². The predicted octanol–water partition coefficient (Wildman–Crippen LogP) is 2.49. The van der Waals surface area contributed by atoms with Gasteiger partial charge in [-0.3, -0.25) is 4.79 Å². The van der Waals surface area contributed by atoms with Crippen molar-refractivity contribution in [2.45, 2.75) is 19.9 Å². The van der Waals surface area contributed by atoms with Crippen molar-refractivity contribution >= 4 is 28.8 Å². The number of nitrogens with zero attached hydrogens (tertiary/aromatic N) is 5. The van der Waals surface area contributed by atoms with Crippen molar-refractivity contribution in [2.75, 3.05) is 38.6 Å². The van der Waals surface area contributed by atoms with Gasteiger partial charge in [0.2, 0.25) is 0 Å². The van der Waals surface area contributed by atoms with Crippen LogP contribution in [0.2, 0.25) is 0 Å². The van der Waals surface area contributed by atoms with E-state index in [4.69, 9.17) is 17.0 Å². The average Bonchev–Trinajstić information content (AvgIpc) is 3.15. The molecule has 1 aliphatic rings. The van der Waals surface area contributed by atoms with Crippen LogP contribution in [-0.4, -0.2) is 63.4 Å². The summed E-state index contributed by atoms with van der Waals surface area (Å²) < 4.78 is 7.24. The van der Waals surface area contributed by atoms with E-state index >= 15 is 0 Å². The van der Waals surface area contributed by atoms with Crippen molar-refractivity contribution in [3.63, 3.8) is 0 Å². The smallest absolute Gasteiger partial charge is 0.253 e. The first-order chi connectivity index (χ1) is 16.0. The molecule has 0 bridgehead atoms. The molecule has 2 aromatic heterocycles. The van der Waals surface area contributed by atoms with Crippen LogP contribution in [0.15, 0.2) is 36.3 Å². The van der Waals surface area contributed by atoms with E-state index in [9.17, 15) is 9.90 Å². The van der Waals surface area contributed by atoms with Crippen molar-refractivity contribution in [3.8, 4) is 11.1 Å². The number of anilines is 1. The van der Waals surface area contributed by atoms with Gasteiger partial charge in [0.25, 0.3) is 11.6 Å². The van der Waals surface area contributed by atoms with Crippen molar-refractivity contribution in [1.82, 2.24) is 19.4 Å². The molecule has 3 N–H and O–H groups in total. The SMILES string of the molecule is [C-]#[N+]/C(=C\c1c(-c2ccc(C)cc2)c2c(N)ncnc2n1CCCO)C(=O)N1CCOCC1. The topological polar surface area (TPSA) is 111 Å². The number of rotatable bonds is 6. The summed E-state index contributed by atoms with van der Waals surface area (Å²) in [5.41, 5.74) is 10.3. The van der Waals surface area contributed by atoms with E-state index in [-0.39, 0.29) is 18.2 Å². The fourth-order valence-corrected chi connectivity index (χ4v) is 4.03. The van der Waals surface area contributed by atoms with Gasteiger partial charge >= 0.3 is 0 Å². The second-order valence-corrected chi connectivity index (χ2v) is 7.86. The van der Waals surface area contributed by atoms with Crippen molar-refractivity contribution < 1.29 is 14.6 Å². The number of hydrogen-bond donors (Lipinski definition) is 2. The van der Waals surface area contributed by atoms with Crippen molar-refractivity contribution in [1.29, 1.82) is 0 Å². The summed E-state index contributed by atoms with van der Waals surface area (Å²) in [7, 11) is 0. The number of aliphatic hydroxyl groups excluding tert-OH is 1. The number of hydrogen-bond acceptors (Lipinski definition) is 6. The first kappa shape index (κ1) is 22.5. The van der Waals surface area contributed by atoms with Crippen LogP contribution in [0.25, 0.3) is 33.1 Å². The maximum Gasteiger partial charge on any atom is 0.253 e. The second kappa shape index (κ2) is 9.81. The van der Waals surface area contributed by atoms with E-state index in [1.165, 1.54) is 6.33 Å². The van der Waals surface area contributed by atoms with Gasteiger partial charge in [-0.15, -0.1) is 0 Å². The van der Waals surface area contributed by atoms with Crippen LogP contribution in [0.5, 0.6) is 0 Å². The molecular formula is C24H26N6O3. The lowest BCUT2D eigenvalue weighted by atomic mass is 10.0. The van der Waals surface area contributed by atoms with Crippen LogP contribution in [0.3, 0.4) is 0 Å².